The van der Waals surface area contributed by atoms with Gasteiger partial charge in [0.25, 0.3) is 0 Å². The summed E-state index contributed by atoms with van der Waals surface area (Å²) in [6, 6.07) is 7.67. The number of halogens is 1. The summed E-state index contributed by atoms with van der Waals surface area (Å²) in [5.41, 5.74) is 0.772. The standard InChI is InChI=1S/C20H18ClN9O/c21-16-14(20(31)3-4-24-10-20)5-11(7-22)6-15(16)27-19-28-17(26-12-1-2-12)18-25-9-13(8-23)30(18)29-19/h5-6,9,12,24,31H,1-4,10H2,(H2,26,27,28,29). The molecular weight excluding hydrogens is 418 g/mol. The van der Waals surface area contributed by atoms with E-state index in [9.17, 15) is 15.6 Å². The molecule has 1 saturated heterocycles. The monoisotopic (exact) mass is 435 g/mol. The van der Waals surface area contributed by atoms with Gasteiger partial charge < -0.3 is 21.1 Å². The van der Waals surface area contributed by atoms with Crippen molar-refractivity contribution in [2.45, 2.75) is 30.9 Å². The minimum Gasteiger partial charge on any atom is -0.384 e. The zero-order valence-corrected chi connectivity index (χ0v) is 17.1. The van der Waals surface area contributed by atoms with Crippen LogP contribution in [0.15, 0.2) is 18.3 Å². The molecule has 156 valence electrons. The van der Waals surface area contributed by atoms with Crippen LogP contribution in [0.4, 0.5) is 17.5 Å². The lowest BCUT2D eigenvalue weighted by Crippen LogP contribution is -2.29. The van der Waals surface area contributed by atoms with Gasteiger partial charge in [-0.25, -0.2) is 4.98 Å². The fourth-order valence-corrected chi connectivity index (χ4v) is 4.01. The number of benzene rings is 1. The highest BCUT2D eigenvalue weighted by Gasteiger charge is 2.36. The lowest BCUT2D eigenvalue weighted by Gasteiger charge is -2.24. The Morgan fingerprint density at radius 1 is 1.29 bits per heavy atom. The molecule has 0 radical (unpaired) electrons. The molecule has 1 unspecified atom stereocenters. The SMILES string of the molecule is N#Cc1cc(Nc2nc(NC3CC3)c3ncc(C#N)n3n2)c(Cl)c(C2(O)CCNC2)c1. The molecule has 2 aliphatic rings. The van der Waals surface area contributed by atoms with Crippen molar-refractivity contribution in [2.75, 3.05) is 23.7 Å². The van der Waals surface area contributed by atoms with Gasteiger partial charge in [-0.05, 0) is 37.9 Å². The maximum atomic E-state index is 11.0. The average molecular weight is 436 g/mol. The average Bonchev–Trinajstić information content (AvgIpc) is 3.30. The van der Waals surface area contributed by atoms with Crippen molar-refractivity contribution in [2.24, 2.45) is 0 Å². The van der Waals surface area contributed by atoms with Crippen molar-refractivity contribution in [3.63, 3.8) is 0 Å². The molecule has 31 heavy (non-hydrogen) atoms. The molecule has 3 heterocycles. The topological polar surface area (TPSA) is 147 Å². The van der Waals surface area contributed by atoms with Gasteiger partial charge in [0, 0.05) is 18.2 Å². The smallest absolute Gasteiger partial charge is 0.247 e. The van der Waals surface area contributed by atoms with Crippen LogP contribution in [0.3, 0.4) is 0 Å². The first kappa shape index (κ1) is 19.5. The van der Waals surface area contributed by atoms with E-state index in [0.717, 1.165) is 12.8 Å². The Kier molecular flexibility index (Phi) is 4.63. The van der Waals surface area contributed by atoms with Gasteiger partial charge in [-0.3, -0.25) is 0 Å². The summed E-state index contributed by atoms with van der Waals surface area (Å²) in [7, 11) is 0. The second-order valence-corrected chi connectivity index (χ2v) is 8.15. The van der Waals surface area contributed by atoms with E-state index < -0.39 is 5.60 Å². The van der Waals surface area contributed by atoms with E-state index in [1.54, 1.807) is 12.1 Å². The number of imidazole rings is 1. The Labute approximate surface area is 182 Å². The maximum Gasteiger partial charge on any atom is 0.247 e. The highest BCUT2D eigenvalue weighted by Crippen LogP contribution is 2.39. The maximum absolute atomic E-state index is 11.0. The van der Waals surface area contributed by atoms with E-state index in [1.165, 1.54) is 10.7 Å². The summed E-state index contributed by atoms with van der Waals surface area (Å²) in [5.74, 6) is 0.692. The minimum absolute atomic E-state index is 0.185. The van der Waals surface area contributed by atoms with Crippen LogP contribution in [0.1, 0.15) is 36.1 Å². The molecule has 1 atom stereocenters. The van der Waals surface area contributed by atoms with E-state index in [2.05, 4.69) is 43.2 Å². The van der Waals surface area contributed by atoms with E-state index in [-0.39, 0.29) is 16.7 Å². The zero-order chi connectivity index (χ0) is 21.6. The normalized spacial score (nSPS) is 20.4. The molecule has 0 amide bonds. The molecule has 3 aromatic rings. The zero-order valence-electron chi connectivity index (χ0n) is 16.4. The molecule has 2 fully saturated rings. The van der Waals surface area contributed by atoms with Gasteiger partial charge in [0.05, 0.1) is 28.5 Å². The van der Waals surface area contributed by atoms with Crippen LogP contribution in [0.5, 0.6) is 0 Å². The Morgan fingerprint density at radius 2 is 2.13 bits per heavy atom. The molecule has 1 saturated carbocycles. The Bertz CT molecular complexity index is 1260. The Morgan fingerprint density at radius 3 is 2.81 bits per heavy atom. The lowest BCUT2D eigenvalue weighted by atomic mass is 9.91. The Balaban J connectivity index is 1.59. The van der Waals surface area contributed by atoms with Crippen LogP contribution < -0.4 is 16.0 Å². The van der Waals surface area contributed by atoms with Crippen LogP contribution in [0, 0.1) is 22.7 Å². The van der Waals surface area contributed by atoms with Gasteiger partial charge in [0.2, 0.25) is 5.95 Å². The molecule has 1 aliphatic carbocycles. The van der Waals surface area contributed by atoms with Gasteiger partial charge in [0.15, 0.2) is 17.2 Å². The number of nitrogens with one attached hydrogen (secondary N) is 3. The van der Waals surface area contributed by atoms with Crippen molar-refractivity contribution in [3.05, 3.63) is 40.2 Å². The van der Waals surface area contributed by atoms with Gasteiger partial charge >= 0.3 is 0 Å². The van der Waals surface area contributed by atoms with Gasteiger partial charge in [-0.2, -0.15) is 20.0 Å². The first-order valence-corrected chi connectivity index (χ1v) is 10.3. The van der Waals surface area contributed by atoms with Crippen molar-refractivity contribution in [1.29, 1.82) is 10.5 Å². The molecule has 11 heteroatoms. The number of hydrogen-bond donors (Lipinski definition) is 4. The quantitative estimate of drug-likeness (QED) is 0.472. The molecular formula is C20H18ClN9O. The summed E-state index contributed by atoms with van der Waals surface area (Å²) in [6.45, 7) is 0.999. The second kappa shape index (κ2) is 7.36. The second-order valence-electron chi connectivity index (χ2n) is 7.77. The first-order valence-electron chi connectivity index (χ1n) is 9.87. The van der Waals surface area contributed by atoms with Crippen molar-refractivity contribution < 1.29 is 5.11 Å². The molecule has 5 rings (SSSR count). The highest BCUT2D eigenvalue weighted by atomic mass is 35.5. The molecule has 10 nitrogen and oxygen atoms in total. The number of nitrogens with zero attached hydrogens (tertiary/aromatic N) is 6. The molecule has 1 aliphatic heterocycles. The number of aromatic nitrogens is 4. The number of hydrogen-bond acceptors (Lipinski definition) is 9. The van der Waals surface area contributed by atoms with Gasteiger partial charge in [-0.15, -0.1) is 5.10 Å². The van der Waals surface area contributed by atoms with E-state index in [4.69, 9.17) is 11.6 Å². The summed E-state index contributed by atoms with van der Waals surface area (Å²) >= 11 is 6.64. The summed E-state index contributed by atoms with van der Waals surface area (Å²) in [6.07, 6.45) is 4.00. The van der Waals surface area contributed by atoms with Crippen LogP contribution in [0.2, 0.25) is 5.02 Å². The van der Waals surface area contributed by atoms with Crippen LogP contribution in [-0.2, 0) is 5.60 Å². The Hall–Kier alpha value is -3.44. The predicted molar refractivity (Wildman–Crippen MR) is 113 cm³/mol. The number of fused-ring (bicyclic) bond motifs is 1. The number of β-amino-alcohol motifs (C(OH)–C–C–N with tert-alkyl or cyclic N) is 1. The lowest BCUT2D eigenvalue weighted by molar-refractivity contribution is 0.0589. The number of nitriles is 2. The molecule has 0 spiro atoms. The minimum atomic E-state index is -1.16. The van der Waals surface area contributed by atoms with Crippen LogP contribution in [0.25, 0.3) is 5.65 Å². The number of aliphatic hydroxyl groups is 1. The van der Waals surface area contributed by atoms with Gasteiger partial charge in [0.1, 0.15) is 11.7 Å². The summed E-state index contributed by atoms with van der Waals surface area (Å²) in [5, 5.41) is 44.1. The largest absolute Gasteiger partial charge is 0.384 e. The predicted octanol–water partition coefficient (Wildman–Crippen LogP) is 2.02. The summed E-state index contributed by atoms with van der Waals surface area (Å²) < 4.78 is 1.41. The van der Waals surface area contributed by atoms with Crippen molar-refractivity contribution in [3.8, 4) is 12.1 Å². The summed E-state index contributed by atoms with van der Waals surface area (Å²) in [4.78, 5) is 8.78. The molecule has 0 bridgehead atoms. The van der Waals surface area contributed by atoms with Crippen molar-refractivity contribution in [1.82, 2.24) is 24.9 Å². The first-order chi connectivity index (χ1) is 15.0. The fourth-order valence-electron chi connectivity index (χ4n) is 3.68. The molecule has 1 aromatic carbocycles. The van der Waals surface area contributed by atoms with Crippen LogP contribution in [-0.4, -0.2) is 43.8 Å². The number of rotatable bonds is 5. The van der Waals surface area contributed by atoms with Crippen LogP contribution >= 0.6 is 11.6 Å². The van der Waals surface area contributed by atoms with Crippen molar-refractivity contribution >= 4 is 34.7 Å². The highest BCUT2D eigenvalue weighted by molar-refractivity contribution is 6.34. The van der Waals surface area contributed by atoms with Gasteiger partial charge in [-0.1, -0.05) is 11.6 Å². The molecule has 2 aromatic heterocycles. The van der Waals surface area contributed by atoms with E-state index in [1.807, 2.05) is 0 Å². The fraction of sp³-hybridized carbons (Fsp3) is 0.350. The third-order valence-electron chi connectivity index (χ3n) is 5.48. The molecule has 4 N–H and O–H groups in total. The van der Waals surface area contributed by atoms with E-state index in [0.29, 0.717) is 53.8 Å². The third kappa shape index (κ3) is 3.51. The van der Waals surface area contributed by atoms with E-state index >= 15 is 0 Å². The third-order valence-corrected chi connectivity index (χ3v) is 5.88. The number of anilines is 3.